The molecule has 0 radical (unpaired) electrons. The maximum Gasteiger partial charge on any atom is 0.0937 e. The molecule has 0 aliphatic carbocycles. The van der Waals surface area contributed by atoms with Crippen molar-refractivity contribution < 1.29 is 4.74 Å². The van der Waals surface area contributed by atoms with Gasteiger partial charge in [-0.1, -0.05) is 0 Å². The fourth-order valence-corrected chi connectivity index (χ4v) is 1.72. The highest BCUT2D eigenvalue weighted by Gasteiger charge is 2.03. The maximum absolute atomic E-state index is 5.48. The molecule has 0 saturated carbocycles. The molecule has 0 spiro atoms. The van der Waals surface area contributed by atoms with Crippen LogP contribution in [0, 0.1) is 0 Å². The van der Waals surface area contributed by atoms with Crippen LogP contribution in [-0.2, 0) is 11.2 Å². The third kappa shape index (κ3) is 4.15. The Morgan fingerprint density at radius 2 is 2.57 bits per heavy atom. The van der Waals surface area contributed by atoms with Crippen molar-refractivity contribution in [1.82, 2.24) is 10.3 Å². The van der Waals surface area contributed by atoms with Crippen LogP contribution >= 0.6 is 11.3 Å². The minimum atomic E-state index is 0.117. The standard InChI is InChI=1S/C9H17N3OS/c1-13-8(6-10)7-11-3-2-9-12-4-5-14-9/h4-5,8,11H,2-3,6-7,10H2,1H3. The zero-order valence-electron chi connectivity index (χ0n) is 8.40. The van der Waals surface area contributed by atoms with Crippen molar-refractivity contribution in [3.05, 3.63) is 16.6 Å². The number of nitrogens with zero attached hydrogens (tertiary/aromatic N) is 1. The van der Waals surface area contributed by atoms with Gasteiger partial charge in [0.05, 0.1) is 11.1 Å². The second kappa shape index (κ2) is 6.89. The topological polar surface area (TPSA) is 60.2 Å². The first-order chi connectivity index (χ1) is 6.86. The first kappa shape index (κ1) is 11.6. The van der Waals surface area contributed by atoms with Gasteiger partial charge in [0.2, 0.25) is 0 Å². The van der Waals surface area contributed by atoms with Crippen molar-refractivity contribution in [2.75, 3.05) is 26.7 Å². The second-order valence-electron chi connectivity index (χ2n) is 2.97. The summed E-state index contributed by atoms with van der Waals surface area (Å²) in [5, 5.41) is 6.45. The van der Waals surface area contributed by atoms with Crippen molar-refractivity contribution in [2.24, 2.45) is 5.73 Å². The molecule has 1 unspecified atom stereocenters. The molecule has 0 bridgehead atoms. The van der Waals surface area contributed by atoms with Gasteiger partial charge >= 0.3 is 0 Å². The minimum absolute atomic E-state index is 0.117. The molecule has 3 N–H and O–H groups in total. The van der Waals surface area contributed by atoms with E-state index >= 15 is 0 Å². The van der Waals surface area contributed by atoms with Crippen LogP contribution in [0.15, 0.2) is 11.6 Å². The summed E-state index contributed by atoms with van der Waals surface area (Å²) in [6.45, 7) is 2.28. The Bertz CT molecular complexity index is 224. The third-order valence-corrected chi connectivity index (χ3v) is 2.81. The fourth-order valence-electron chi connectivity index (χ4n) is 1.10. The Balaban J connectivity index is 2.04. The van der Waals surface area contributed by atoms with Gasteiger partial charge in [0.25, 0.3) is 0 Å². The predicted molar refractivity (Wildman–Crippen MR) is 58.5 cm³/mol. The lowest BCUT2D eigenvalue weighted by Gasteiger charge is -2.12. The number of aromatic nitrogens is 1. The van der Waals surface area contributed by atoms with E-state index in [0.717, 1.165) is 19.5 Å². The number of hydrogen-bond donors (Lipinski definition) is 2. The van der Waals surface area contributed by atoms with E-state index in [4.69, 9.17) is 10.5 Å². The Hall–Kier alpha value is -0.490. The molecule has 5 heteroatoms. The average molecular weight is 215 g/mol. The van der Waals surface area contributed by atoms with E-state index in [0.29, 0.717) is 6.54 Å². The van der Waals surface area contributed by atoms with Crippen molar-refractivity contribution in [1.29, 1.82) is 0 Å². The minimum Gasteiger partial charge on any atom is -0.379 e. The average Bonchev–Trinajstić information content (AvgIpc) is 2.71. The van der Waals surface area contributed by atoms with Crippen molar-refractivity contribution in [2.45, 2.75) is 12.5 Å². The highest BCUT2D eigenvalue weighted by atomic mass is 32.1. The number of nitrogens with one attached hydrogen (secondary N) is 1. The molecule has 0 fully saturated rings. The van der Waals surface area contributed by atoms with E-state index in [9.17, 15) is 0 Å². The monoisotopic (exact) mass is 215 g/mol. The molecule has 0 aliphatic rings. The molecular formula is C9H17N3OS. The summed E-state index contributed by atoms with van der Waals surface area (Å²) in [4.78, 5) is 4.20. The number of ether oxygens (including phenoxy) is 1. The molecule has 1 aromatic rings. The summed E-state index contributed by atoms with van der Waals surface area (Å²) in [5.74, 6) is 0. The van der Waals surface area contributed by atoms with E-state index in [2.05, 4.69) is 10.3 Å². The van der Waals surface area contributed by atoms with Crippen molar-refractivity contribution in [3.8, 4) is 0 Å². The number of nitrogens with two attached hydrogens (primary N) is 1. The lowest BCUT2D eigenvalue weighted by atomic mass is 10.3. The van der Waals surface area contributed by atoms with Gasteiger partial charge in [-0.2, -0.15) is 0 Å². The molecule has 1 aromatic heterocycles. The van der Waals surface area contributed by atoms with Crippen LogP contribution in [0.25, 0.3) is 0 Å². The van der Waals surface area contributed by atoms with Gasteiger partial charge in [0.1, 0.15) is 0 Å². The summed E-state index contributed by atoms with van der Waals surface area (Å²) in [6, 6.07) is 0. The highest BCUT2D eigenvalue weighted by Crippen LogP contribution is 2.03. The molecule has 1 rings (SSSR count). The summed E-state index contributed by atoms with van der Waals surface area (Å²) in [6.07, 6.45) is 2.92. The molecule has 0 aliphatic heterocycles. The fraction of sp³-hybridized carbons (Fsp3) is 0.667. The normalized spacial score (nSPS) is 13.0. The number of rotatable bonds is 7. The highest BCUT2D eigenvalue weighted by molar-refractivity contribution is 7.09. The molecule has 80 valence electrons. The third-order valence-electron chi connectivity index (χ3n) is 1.97. The Labute approximate surface area is 88.5 Å². The van der Waals surface area contributed by atoms with Gasteiger partial charge in [-0.25, -0.2) is 4.98 Å². The first-order valence-electron chi connectivity index (χ1n) is 4.68. The van der Waals surface area contributed by atoms with Gasteiger partial charge < -0.3 is 15.8 Å². The quantitative estimate of drug-likeness (QED) is 0.640. The molecule has 0 aromatic carbocycles. The summed E-state index contributed by atoms with van der Waals surface area (Å²) < 4.78 is 5.14. The Morgan fingerprint density at radius 1 is 1.71 bits per heavy atom. The van der Waals surface area contributed by atoms with Crippen LogP contribution in [0.4, 0.5) is 0 Å². The second-order valence-corrected chi connectivity index (χ2v) is 3.95. The van der Waals surface area contributed by atoms with Gasteiger partial charge in [0, 0.05) is 44.7 Å². The molecule has 4 nitrogen and oxygen atoms in total. The lowest BCUT2D eigenvalue weighted by Crippen LogP contribution is -2.35. The van der Waals surface area contributed by atoms with Gasteiger partial charge in [-0.05, 0) is 0 Å². The molecule has 1 heterocycles. The molecule has 1 atom stereocenters. The lowest BCUT2D eigenvalue weighted by molar-refractivity contribution is 0.109. The predicted octanol–water partition coefficient (Wildman–Crippen LogP) is 0.249. The van der Waals surface area contributed by atoms with E-state index in [1.165, 1.54) is 5.01 Å². The SMILES string of the molecule is COC(CN)CNCCc1nccs1. The number of hydrogen-bond acceptors (Lipinski definition) is 5. The number of methoxy groups -OCH3 is 1. The van der Waals surface area contributed by atoms with Gasteiger partial charge in [-0.15, -0.1) is 11.3 Å². The van der Waals surface area contributed by atoms with Crippen LogP contribution in [0.2, 0.25) is 0 Å². The van der Waals surface area contributed by atoms with Crippen LogP contribution in [0.1, 0.15) is 5.01 Å². The Morgan fingerprint density at radius 3 is 3.14 bits per heavy atom. The van der Waals surface area contributed by atoms with Crippen LogP contribution < -0.4 is 11.1 Å². The van der Waals surface area contributed by atoms with Gasteiger partial charge in [-0.3, -0.25) is 0 Å². The van der Waals surface area contributed by atoms with Crippen molar-refractivity contribution in [3.63, 3.8) is 0 Å². The van der Waals surface area contributed by atoms with E-state index in [-0.39, 0.29) is 6.10 Å². The van der Waals surface area contributed by atoms with E-state index in [1.807, 2.05) is 11.6 Å². The summed E-state index contributed by atoms with van der Waals surface area (Å²) in [5.41, 5.74) is 5.48. The molecule has 0 saturated heterocycles. The van der Waals surface area contributed by atoms with Gasteiger partial charge in [0.15, 0.2) is 0 Å². The molecule has 14 heavy (non-hydrogen) atoms. The zero-order valence-corrected chi connectivity index (χ0v) is 9.22. The van der Waals surface area contributed by atoms with Crippen LogP contribution in [-0.4, -0.2) is 37.8 Å². The molecule has 0 amide bonds. The van der Waals surface area contributed by atoms with Crippen LogP contribution in [0.3, 0.4) is 0 Å². The number of thiazole rings is 1. The molecular weight excluding hydrogens is 198 g/mol. The smallest absolute Gasteiger partial charge is 0.0937 e. The maximum atomic E-state index is 5.48. The summed E-state index contributed by atoms with van der Waals surface area (Å²) in [7, 11) is 1.68. The summed E-state index contributed by atoms with van der Waals surface area (Å²) >= 11 is 1.69. The first-order valence-corrected chi connectivity index (χ1v) is 5.56. The van der Waals surface area contributed by atoms with Crippen molar-refractivity contribution >= 4 is 11.3 Å². The zero-order chi connectivity index (χ0) is 10.2. The van der Waals surface area contributed by atoms with Crippen LogP contribution in [0.5, 0.6) is 0 Å². The van der Waals surface area contributed by atoms with E-state index in [1.54, 1.807) is 18.4 Å². The Kier molecular flexibility index (Phi) is 5.70. The largest absolute Gasteiger partial charge is 0.379 e. The van der Waals surface area contributed by atoms with E-state index < -0.39 is 0 Å².